The summed E-state index contributed by atoms with van der Waals surface area (Å²) in [6.07, 6.45) is 6.52. The summed E-state index contributed by atoms with van der Waals surface area (Å²) in [7, 11) is 0. The first-order chi connectivity index (χ1) is 16.0. The smallest absolute Gasteiger partial charge is 0.356 e. The Morgan fingerprint density at radius 3 is 2.76 bits per heavy atom. The van der Waals surface area contributed by atoms with Crippen LogP contribution in [0.15, 0.2) is 53.9 Å². The van der Waals surface area contributed by atoms with Crippen LogP contribution in [0.3, 0.4) is 0 Å². The number of benzene rings is 1. The van der Waals surface area contributed by atoms with Crippen molar-refractivity contribution in [3.05, 3.63) is 54.6 Å². The molecule has 4 rings (SSSR count). The second-order valence-corrected chi connectivity index (χ2v) is 8.04. The van der Waals surface area contributed by atoms with E-state index in [1.165, 1.54) is 12.4 Å². The Hall–Kier alpha value is -4.26. The molecule has 1 aliphatic rings. The highest BCUT2D eigenvalue weighted by molar-refractivity contribution is 5.94. The molecule has 1 aliphatic heterocycles. The summed E-state index contributed by atoms with van der Waals surface area (Å²) in [4.78, 5) is 32.7. The van der Waals surface area contributed by atoms with E-state index in [4.69, 9.17) is 10.1 Å². The molecule has 33 heavy (non-hydrogen) atoms. The van der Waals surface area contributed by atoms with E-state index in [9.17, 15) is 10.1 Å². The zero-order valence-corrected chi connectivity index (χ0v) is 18.4. The van der Waals surface area contributed by atoms with Gasteiger partial charge in [0.25, 0.3) is 0 Å². The lowest BCUT2D eigenvalue weighted by molar-refractivity contribution is 0.0690. The summed E-state index contributed by atoms with van der Waals surface area (Å²) in [5, 5.41) is 22.2. The number of aromatic nitrogens is 3. The number of guanidine groups is 1. The third-order valence-electron chi connectivity index (χ3n) is 5.66. The minimum absolute atomic E-state index is 0.0346. The Labute approximate surface area is 191 Å². The van der Waals surface area contributed by atoms with E-state index < -0.39 is 5.97 Å². The van der Waals surface area contributed by atoms with Gasteiger partial charge in [-0.15, -0.1) is 0 Å². The molecular weight excluding hydrogens is 420 g/mol. The average molecular weight is 444 g/mol. The van der Waals surface area contributed by atoms with Crippen molar-refractivity contribution in [1.29, 1.82) is 5.26 Å². The van der Waals surface area contributed by atoms with Gasteiger partial charge in [-0.1, -0.05) is 19.9 Å². The van der Waals surface area contributed by atoms with Crippen LogP contribution < -0.4 is 10.2 Å². The third-order valence-corrected chi connectivity index (χ3v) is 5.66. The molecule has 0 saturated carbocycles. The zero-order chi connectivity index (χ0) is 23.4. The number of carbonyl (C=O) groups is 1. The number of aromatic carboxylic acids is 1. The van der Waals surface area contributed by atoms with Crippen LogP contribution in [0.4, 0.5) is 11.5 Å². The predicted octanol–water partition coefficient (Wildman–Crippen LogP) is 2.63. The molecule has 0 radical (unpaired) electrons. The molecule has 0 bridgehead atoms. The number of piperazine rings is 1. The Bertz CT molecular complexity index is 1210. The molecule has 3 heterocycles. The number of pyridine rings is 1. The summed E-state index contributed by atoms with van der Waals surface area (Å²) in [5.74, 6) is 0.251. The zero-order valence-electron chi connectivity index (χ0n) is 18.4. The predicted molar refractivity (Wildman–Crippen MR) is 124 cm³/mol. The van der Waals surface area contributed by atoms with E-state index >= 15 is 0 Å². The number of hydrogen-bond acceptors (Lipinski definition) is 7. The minimum Gasteiger partial charge on any atom is -0.476 e. The molecular formula is C23H24N8O2. The highest BCUT2D eigenvalue weighted by Gasteiger charge is 2.32. The number of fused-ring (bicyclic) bond motifs is 1. The number of anilines is 1. The van der Waals surface area contributed by atoms with Crippen LogP contribution in [0.2, 0.25) is 0 Å². The summed E-state index contributed by atoms with van der Waals surface area (Å²) >= 11 is 0. The standard InChI is InChI=1S/C23H24N8O2/c1-15(2)20-13-30(21-12-26-19(11-27-21)22(32)33)9-10-31(20)23(28-14-24)29-18-7-3-6-17-16(18)5-4-8-25-17/h3-8,11-12,15,20H,9-10,13H2,1-2H3,(H,28,29)(H,32,33). The summed E-state index contributed by atoms with van der Waals surface area (Å²) in [6, 6.07) is 9.59. The van der Waals surface area contributed by atoms with Gasteiger partial charge in [-0.25, -0.2) is 19.8 Å². The van der Waals surface area contributed by atoms with Crippen molar-refractivity contribution in [3.63, 3.8) is 0 Å². The van der Waals surface area contributed by atoms with Gasteiger partial charge < -0.3 is 14.9 Å². The molecule has 0 amide bonds. The molecule has 3 aromatic rings. The largest absolute Gasteiger partial charge is 0.476 e. The van der Waals surface area contributed by atoms with E-state index in [2.05, 4.69) is 43.9 Å². The van der Waals surface area contributed by atoms with Crippen LogP contribution in [-0.2, 0) is 0 Å². The number of carboxylic acid groups (broad SMARTS) is 1. The normalized spacial score (nSPS) is 16.7. The number of hydrogen-bond donors (Lipinski definition) is 2. The van der Waals surface area contributed by atoms with Crippen molar-refractivity contribution in [2.45, 2.75) is 19.9 Å². The fourth-order valence-corrected chi connectivity index (χ4v) is 3.96. The molecule has 10 heteroatoms. The van der Waals surface area contributed by atoms with Crippen LogP contribution >= 0.6 is 0 Å². The van der Waals surface area contributed by atoms with Crippen LogP contribution in [0.25, 0.3) is 10.9 Å². The van der Waals surface area contributed by atoms with Gasteiger partial charge in [0, 0.05) is 31.2 Å². The number of aliphatic imine (C=N–C) groups is 1. The van der Waals surface area contributed by atoms with Crippen molar-refractivity contribution in [1.82, 2.24) is 25.2 Å². The number of rotatable bonds is 4. The van der Waals surface area contributed by atoms with E-state index in [-0.39, 0.29) is 17.7 Å². The van der Waals surface area contributed by atoms with E-state index in [1.807, 2.05) is 36.5 Å². The lowest BCUT2D eigenvalue weighted by Crippen LogP contribution is -2.59. The maximum absolute atomic E-state index is 11.1. The highest BCUT2D eigenvalue weighted by atomic mass is 16.4. The molecule has 0 spiro atoms. The van der Waals surface area contributed by atoms with Gasteiger partial charge in [-0.05, 0) is 30.2 Å². The fraction of sp³-hybridized carbons (Fsp3) is 0.304. The number of carboxylic acids is 1. The lowest BCUT2D eigenvalue weighted by atomic mass is 10.00. The number of nitriles is 1. The Balaban J connectivity index is 1.64. The van der Waals surface area contributed by atoms with E-state index in [0.717, 1.165) is 16.6 Å². The molecule has 0 aliphatic carbocycles. The van der Waals surface area contributed by atoms with Crippen LogP contribution in [0, 0.1) is 17.4 Å². The summed E-state index contributed by atoms with van der Waals surface area (Å²) < 4.78 is 0. The van der Waals surface area contributed by atoms with Gasteiger partial charge in [-0.2, -0.15) is 5.26 Å². The van der Waals surface area contributed by atoms with Gasteiger partial charge in [-0.3, -0.25) is 10.3 Å². The maximum Gasteiger partial charge on any atom is 0.356 e. The van der Waals surface area contributed by atoms with Gasteiger partial charge in [0.05, 0.1) is 29.6 Å². The SMILES string of the molecule is CC(C)C1CN(c2cnc(C(=O)O)cn2)CCN1C(=Nc1cccc2ncccc12)NC#N. The average Bonchev–Trinajstić information content (AvgIpc) is 2.83. The second-order valence-electron chi connectivity index (χ2n) is 8.04. The van der Waals surface area contributed by atoms with Gasteiger partial charge in [0.2, 0.25) is 5.96 Å². The summed E-state index contributed by atoms with van der Waals surface area (Å²) in [5.41, 5.74) is 1.48. The molecule has 1 aromatic carbocycles. The summed E-state index contributed by atoms with van der Waals surface area (Å²) in [6.45, 7) is 6.08. The third kappa shape index (κ3) is 4.67. The topological polar surface area (TPSA) is 131 Å². The first kappa shape index (κ1) is 22.0. The quantitative estimate of drug-likeness (QED) is 0.270. The van der Waals surface area contributed by atoms with Crippen molar-refractivity contribution >= 4 is 34.3 Å². The molecule has 168 valence electrons. The monoisotopic (exact) mass is 444 g/mol. The van der Waals surface area contributed by atoms with Gasteiger partial charge >= 0.3 is 5.97 Å². The van der Waals surface area contributed by atoms with Gasteiger partial charge in [0.1, 0.15) is 5.82 Å². The van der Waals surface area contributed by atoms with Crippen molar-refractivity contribution < 1.29 is 9.90 Å². The van der Waals surface area contributed by atoms with Crippen molar-refractivity contribution in [3.8, 4) is 6.19 Å². The first-order valence-electron chi connectivity index (χ1n) is 10.6. The van der Waals surface area contributed by atoms with Crippen LogP contribution in [0.1, 0.15) is 24.3 Å². The molecule has 1 atom stereocenters. The number of nitrogens with zero attached hydrogens (tertiary/aromatic N) is 7. The van der Waals surface area contributed by atoms with Crippen LogP contribution in [-0.4, -0.2) is 62.6 Å². The van der Waals surface area contributed by atoms with E-state index in [1.54, 1.807) is 6.20 Å². The molecule has 1 fully saturated rings. The van der Waals surface area contributed by atoms with E-state index in [0.29, 0.717) is 31.4 Å². The maximum atomic E-state index is 11.1. The van der Waals surface area contributed by atoms with Crippen LogP contribution in [0.5, 0.6) is 0 Å². The second kappa shape index (κ2) is 9.48. The van der Waals surface area contributed by atoms with Crippen molar-refractivity contribution in [2.24, 2.45) is 10.9 Å². The Morgan fingerprint density at radius 1 is 1.21 bits per heavy atom. The molecule has 2 aromatic heterocycles. The molecule has 1 saturated heterocycles. The number of nitrogens with one attached hydrogen (secondary N) is 1. The first-order valence-corrected chi connectivity index (χ1v) is 10.6. The highest BCUT2D eigenvalue weighted by Crippen LogP contribution is 2.26. The molecule has 1 unspecified atom stereocenters. The van der Waals surface area contributed by atoms with Gasteiger partial charge in [0.15, 0.2) is 11.9 Å². The fourth-order valence-electron chi connectivity index (χ4n) is 3.96. The molecule has 2 N–H and O–H groups in total. The van der Waals surface area contributed by atoms with Crippen molar-refractivity contribution in [2.75, 3.05) is 24.5 Å². The Morgan fingerprint density at radius 2 is 2.06 bits per heavy atom. The lowest BCUT2D eigenvalue weighted by Gasteiger charge is -2.44. The minimum atomic E-state index is -1.11. The Kier molecular flexibility index (Phi) is 6.31. The molecule has 10 nitrogen and oxygen atoms in total.